The molecule has 1 saturated heterocycles. The summed E-state index contributed by atoms with van der Waals surface area (Å²) in [5, 5.41) is 10.1. The summed E-state index contributed by atoms with van der Waals surface area (Å²) in [7, 11) is 1.52. The molecule has 3 rings (SSSR count). The van der Waals surface area contributed by atoms with Gasteiger partial charge in [-0.3, -0.25) is 0 Å². The van der Waals surface area contributed by atoms with Gasteiger partial charge in [-0.15, -0.1) is 0 Å². The molecule has 2 aliphatic heterocycles. The van der Waals surface area contributed by atoms with Crippen LogP contribution in [0.2, 0.25) is 0 Å². The minimum atomic E-state index is -0.749. The van der Waals surface area contributed by atoms with Gasteiger partial charge in [0.2, 0.25) is 0 Å². The molecule has 1 unspecified atom stereocenters. The van der Waals surface area contributed by atoms with E-state index >= 15 is 0 Å². The molecule has 4 heteroatoms. The van der Waals surface area contributed by atoms with E-state index in [-0.39, 0.29) is 6.10 Å². The van der Waals surface area contributed by atoms with Crippen LogP contribution in [-0.4, -0.2) is 42.9 Å². The molecule has 1 spiro atoms. The highest BCUT2D eigenvalue weighted by molar-refractivity contribution is 5.45. The summed E-state index contributed by atoms with van der Waals surface area (Å²) in [6.45, 7) is 0.535. The van der Waals surface area contributed by atoms with Gasteiger partial charge in [0.05, 0.1) is 6.61 Å². The normalized spacial score (nSPS) is 49.3. The Morgan fingerprint density at radius 3 is 3.29 bits per heavy atom. The first-order chi connectivity index (χ1) is 6.79. The summed E-state index contributed by atoms with van der Waals surface area (Å²) >= 11 is 0. The highest BCUT2D eigenvalue weighted by atomic mass is 16.7. The van der Waals surface area contributed by atoms with Gasteiger partial charge in [-0.25, -0.2) is 0 Å². The fourth-order valence-corrected chi connectivity index (χ4v) is 2.47. The van der Waals surface area contributed by atoms with E-state index in [1.807, 2.05) is 18.2 Å². The van der Waals surface area contributed by atoms with E-state index in [1.165, 1.54) is 7.11 Å². The molecule has 1 N–H and O–H groups in total. The molecule has 1 fully saturated rings. The average Bonchev–Trinajstić information content (AvgIpc) is 2.78. The van der Waals surface area contributed by atoms with Crippen LogP contribution in [0.1, 0.15) is 0 Å². The van der Waals surface area contributed by atoms with Gasteiger partial charge in [0, 0.05) is 7.11 Å². The third-order valence-electron chi connectivity index (χ3n) is 3.16. The van der Waals surface area contributed by atoms with Crippen LogP contribution in [0.5, 0.6) is 0 Å². The van der Waals surface area contributed by atoms with Gasteiger partial charge < -0.3 is 19.3 Å². The summed E-state index contributed by atoms with van der Waals surface area (Å²) in [6, 6.07) is 0. The first-order valence-electron chi connectivity index (χ1n) is 4.68. The van der Waals surface area contributed by atoms with Crippen LogP contribution in [0, 0.1) is 0 Å². The van der Waals surface area contributed by atoms with Crippen LogP contribution >= 0.6 is 0 Å². The van der Waals surface area contributed by atoms with Crippen LogP contribution in [0.4, 0.5) is 0 Å². The Morgan fingerprint density at radius 1 is 1.64 bits per heavy atom. The third-order valence-corrected chi connectivity index (χ3v) is 3.16. The smallest absolute Gasteiger partial charge is 0.187 e. The van der Waals surface area contributed by atoms with E-state index in [2.05, 4.69) is 0 Å². The van der Waals surface area contributed by atoms with E-state index in [0.717, 1.165) is 5.57 Å². The van der Waals surface area contributed by atoms with Crippen molar-refractivity contribution in [3.63, 3.8) is 0 Å². The number of hydrogen-bond acceptors (Lipinski definition) is 4. The van der Waals surface area contributed by atoms with E-state index < -0.39 is 18.0 Å². The summed E-state index contributed by atoms with van der Waals surface area (Å²) in [5.74, 6) is 0. The maximum absolute atomic E-state index is 10.1. The Hall–Kier alpha value is -0.680. The maximum Gasteiger partial charge on any atom is 0.187 e. The zero-order chi connectivity index (χ0) is 9.76. The number of ether oxygens (including phenoxy) is 3. The molecule has 0 saturated carbocycles. The standard InChI is InChI=1S/C10H12O4/c1-12-9-8(11)10-6(4-5-13-10)2-3-7(10)14-9/h2-4,7-9,11H,5H2,1H3/t7?,8-,9+,10+/m0/s1. The van der Waals surface area contributed by atoms with Crippen LogP contribution < -0.4 is 0 Å². The number of rotatable bonds is 1. The van der Waals surface area contributed by atoms with Crippen molar-refractivity contribution in [1.29, 1.82) is 0 Å². The fourth-order valence-electron chi connectivity index (χ4n) is 2.47. The lowest BCUT2D eigenvalue weighted by Crippen LogP contribution is -2.47. The van der Waals surface area contributed by atoms with Crippen molar-refractivity contribution < 1.29 is 19.3 Å². The molecule has 3 aliphatic rings. The molecular weight excluding hydrogens is 184 g/mol. The predicted molar refractivity (Wildman–Crippen MR) is 47.6 cm³/mol. The molecule has 2 heterocycles. The Labute approximate surface area is 81.8 Å². The van der Waals surface area contributed by atoms with Gasteiger partial charge in [-0.05, 0) is 5.57 Å². The number of hydrogen-bond donors (Lipinski definition) is 1. The zero-order valence-electron chi connectivity index (χ0n) is 7.84. The third kappa shape index (κ3) is 0.780. The van der Waals surface area contributed by atoms with Gasteiger partial charge >= 0.3 is 0 Å². The minimum Gasteiger partial charge on any atom is -0.384 e. The second-order valence-corrected chi connectivity index (χ2v) is 3.73. The van der Waals surface area contributed by atoms with Gasteiger partial charge in [0.25, 0.3) is 0 Å². The summed E-state index contributed by atoms with van der Waals surface area (Å²) < 4.78 is 16.2. The second-order valence-electron chi connectivity index (χ2n) is 3.73. The van der Waals surface area contributed by atoms with E-state index in [9.17, 15) is 5.11 Å². The van der Waals surface area contributed by atoms with Gasteiger partial charge in [-0.2, -0.15) is 0 Å². The molecular formula is C10H12O4. The quantitative estimate of drug-likeness (QED) is 0.640. The zero-order valence-corrected chi connectivity index (χ0v) is 7.84. The largest absolute Gasteiger partial charge is 0.384 e. The monoisotopic (exact) mass is 196 g/mol. The Morgan fingerprint density at radius 2 is 2.50 bits per heavy atom. The van der Waals surface area contributed by atoms with Gasteiger partial charge in [0.1, 0.15) is 12.2 Å². The summed E-state index contributed by atoms with van der Waals surface area (Å²) in [5.41, 5.74) is 0.315. The molecule has 0 bridgehead atoms. The molecule has 0 aromatic heterocycles. The summed E-state index contributed by atoms with van der Waals surface area (Å²) in [6.07, 6.45) is 4.28. The Bertz CT molecular complexity index is 322. The molecule has 0 radical (unpaired) electrons. The molecule has 0 aromatic rings. The highest BCUT2D eigenvalue weighted by Crippen LogP contribution is 2.47. The molecule has 0 aromatic carbocycles. The molecule has 14 heavy (non-hydrogen) atoms. The van der Waals surface area contributed by atoms with Crippen molar-refractivity contribution in [2.24, 2.45) is 0 Å². The van der Waals surface area contributed by atoms with Crippen molar-refractivity contribution in [3.8, 4) is 0 Å². The van der Waals surface area contributed by atoms with Gasteiger partial charge in [0.15, 0.2) is 11.9 Å². The molecule has 4 nitrogen and oxygen atoms in total. The lowest BCUT2D eigenvalue weighted by atomic mass is 9.90. The number of aliphatic hydroxyl groups is 1. The van der Waals surface area contributed by atoms with Crippen molar-refractivity contribution in [1.82, 2.24) is 0 Å². The fraction of sp³-hybridized carbons (Fsp3) is 0.600. The first-order valence-corrected chi connectivity index (χ1v) is 4.68. The molecule has 4 atom stereocenters. The first kappa shape index (κ1) is 8.61. The SMILES string of the molecule is CO[C@@H]1OC2C=CC3=CCO[C@]32[C@H]1O. The maximum atomic E-state index is 10.1. The van der Waals surface area contributed by atoms with E-state index in [0.29, 0.717) is 6.61 Å². The van der Waals surface area contributed by atoms with Crippen molar-refractivity contribution >= 4 is 0 Å². The van der Waals surface area contributed by atoms with Crippen LogP contribution in [0.25, 0.3) is 0 Å². The van der Waals surface area contributed by atoms with E-state index in [1.54, 1.807) is 0 Å². The summed E-state index contributed by atoms with van der Waals surface area (Å²) in [4.78, 5) is 0. The lowest BCUT2D eigenvalue weighted by molar-refractivity contribution is -0.145. The van der Waals surface area contributed by atoms with Crippen LogP contribution in [-0.2, 0) is 14.2 Å². The second kappa shape index (κ2) is 2.67. The number of methoxy groups -OCH3 is 1. The lowest BCUT2D eigenvalue weighted by Gasteiger charge is -2.28. The predicted octanol–water partition coefficient (Wildman–Crippen LogP) is -0.0162. The van der Waals surface area contributed by atoms with Crippen LogP contribution in [0.3, 0.4) is 0 Å². The average molecular weight is 196 g/mol. The molecule has 1 aliphatic carbocycles. The number of aliphatic hydroxyl groups excluding tert-OH is 1. The highest BCUT2D eigenvalue weighted by Gasteiger charge is 2.62. The molecule has 76 valence electrons. The Balaban J connectivity index is 2.02. The topological polar surface area (TPSA) is 47.9 Å². The van der Waals surface area contributed by atoms with Crippen molar-refractivity contribution in [2.45, 2.75) is 24.1 Å². The van der Waals surface area contributed by atoms with Crippen molar-refractivity contribution in [2.75, 3.05) is 13.7 Å². The van der Waals surface area contributed by atoms with E-state index in [4.69, 9.17) is 14.2 Å². The van der Waals surface area contributed by atoms with Gasteiger partial charge in [-0.1, -0.05) is 18.2 Å². The van der Waals surface area contributed by atoms with Crippen LogP contribution in [0.15, 0.2) is 23.8 Å². The Kier molecular flexibility index (Phi) is 1.64. The van der Waals surface area contributed by atoms with Crippen molar-refractivity contribution in [3.05, 3.63) is 23.8 Å². The molecule has 0 amide bonds. The minimum absolute atomic E-state index is 0.212.